The largest absolute Gasteiger partial charge is 0.507 e. The van der Waals surface area contributed by atoms with Crippen LogP contribution >= 0.6 is 31.9 Å². The van der Waals surface area contributed by atoms with Gasteiger partial charge < -0.3 is 15.2 Å². The van der Waals surface area contributed by atoms with E-state index in [-0.39, 0.29) is 11.7 Å². The Bertz CT molecular complexity index is 659. The molecule has 2 aromatic rings. The van der Waals surface area contributed by atoms with E-state index in [9.17, 15) is 9.90 Å². The number of aromatic hydroxyl groups is 1. The van der Waals surface area contributed by atoms with Gasteiger partial charge in [-0.25, -0.2) is 0 Å². The van der Waals surface area contributed by atoms with Crippen LogP contribution in [0.25, 0.3) is 0 Å². The van der Waals surface area contributed by atoms with Gasteiger partial charge in [-0.2, -0.15) is 0 Å². The zero-order valence-electron chi connectivity index (χ0n) is 10.5. The van der Waals surface area contributed by atoms with Gasteiger partial charge in [-0.15, -0.1) is 0 Å². The lowest BCUT2D eigenvalue weighted by Crippen LogP contribution is -2.12. The zero-order chi connectivity index (χ0) is 14.7. The van der Waals surface area contributed by atoms with Crippen molar-refractivity contribution in [2.75, 3.05) is 12.4 Å². The number of methoxy groups -OCH3 is 1. The molecule has 4 nitrogen and oxygen atoms in total. The monoisotopic (exact) mass is 399 g/mol. The zero-order valence-corrected chi connectivity index (χ0v) is 13.7. The molecule has 0 heterocycles. The predicted octanol–water partition coefficient (Wildman–Crippen LogP) is 4.18. The SMILES string of the molecule is COc1ccc(Br)c(NC(=O)c2ccc(Br)c(O)c2)c1. The van der Waals surface area contributed by atoms with E-state index in [0.717, 1.165) is 4.47 Å². The van der Waals surface area contributed by atoms with Crippen molar-refractivity contribution in [1.82, 2.24) is 0 Å². The quantitative estimate of drug-likeness (QED) is 0.812. The molecule has 0 saturated heterocycles. The number of phenols is 1. The van der Waals surface area contributed by atoms with Crippen LogP contribution < -0.4 is 10.1 Å². The molecule has 0 saturated carbocycles. The summed E-state index contributed by atoms with van der Waals surface area (Å²) in [7, 11) is 1.56. The molecule has 0 aliphatic heterocycles. The number of hydrogen-bond donors (Lipinski definition) is 2. The Morgan fingerprint density at radius 3 is 2.50 bits per heavy atom. The molecular formula is C14H11Br2NO3. The van der Waals surface area contributed by atoms with Crippen molar-refractivity contribution < 1.29 is 14.6 Å². The Kier molecular flexibility index (Phi) is 4.67. The maximum Gasteiger partial charge on any atom is 0.255 e. The summed E-state index contributed by atoms with van der Waals surface area (Å²) in [5.41, 5.74) is 0.956. The van der Waals surface area contributed by atoms with Crippen LogP contribution in [0, 0.1) is 0 Å². The van der Waals surface area contributed by atoms with Gasteiger partial charge in [-0.05, 0) is 62.2 Å². The molecule has 0 atom stereocenters. The fourth-order valence-corrected chi connectivity index (χ4v) is 2.17. The fourth-order valence-electron chi connectivity index (χ4n) is 1.58. The topological polar surface area (TPSA) is 58.6 Å². The standard InChI is InChI=1S/C14H11Br2NO3/c1-20-9-3-5-10(15)12(7-9)17-14(19)8-2-4-11(16)13(18)6-8/h2-7,18H,1H3,(H,17,19). The minimum Gasteiger partial charge on any atom is -0.507 e. The summed E-state index contributed by atoms with van der Waals surface area (Å²) in [6.45, 7) is 0. The van der Waals surface area contributed by atoms with Crippen LogP contribution in [0.4, 0.5) is 5.69 Å². The van der Waals surface area contributed by atoms with Gasteiger partial charge in [-0.1, -0.05) is 0 Å². The molecular weight excluding hydrogens is 390 g/mol. The van der Waals surface area contributed by atoms with Gasteiger partial charge in [0.05, 0.1) is 17.3 Å². The lowest BCUT2D eigenvalue weighted by molar-refractivity contribution is 0.102. The number of carbonyl (C=O) groups is 1. The van der Waals surface area contributed by atoms with Gasteiger partial charge in [0.25, 0.3) is 5.91 Å². The summed E-state index contributed by atoms with van der Waals surface area (Å²) >= 11 is 6.53. The van der Waals surface area contributed by atoms with Gasteiger partial charge in [0, 0.05) is 16.1 Å². The number of halogens is 2. The number of ether oxygens (including phenoxy) is 1. The maximum atomic E-state index is 12.1. The Balaban J connectivity index is 2.25. The predicted molar refractivity (Wildman–Crippen MR) is 84.5 cm³/mol. The summed E-state index contributed by atoms with van der Waals surface area (Å²) in [6, 6.07) is 9.91. The van der Waals surface area contributed by atoms with E-state index in [4.69, 9.17) is 4.74 Å². The third kappa shape index (κ3) is 3.32. The molecule has 20 heavy (non-hydrogen) atoms. The first-order chi connectivity index (χ1) is 9.51. The Morgan fingerprint density at radius 1 is 1.15 bits per heavy atom. The minimum atomic E-state index is -0.318. The number of hydrogen-bond acceptors (Lipinski definition) is 3. The smallest absolute Gasteiger partial charge is 0.255 e. The molecule has 2 aromatic carbocycles. The number of nitrogens with one attached hydrogen (secondary N) is 1. The average Bonchev–Trinajstić information content (AvgIpc) is 2.44. The van der Waals surface area contributed by atoms with E-state index in [2.05, 4.69) is 37.2 Å². The lowest BCUT2D eigenvalue weighted by Gasteiger charge is -2.10. The average molecular weight is 401 g/mol. The molecule has 0 fully saturated rings. The first-order valence-electron chi connectivity index (χ1n) is 5.64. The molecule has 1 amide bonds. The van der Waals surface area contributed by atoms with Crippen molar-refractivity contribution in [3.63, 3.8) is 0 Å². The van der Waals surface area contributed by atoms with Crippen LogP contribution in [0.5, 0.6) is 11.5 Å². The number of amides is 1. The molecule has 0 aliphatic carbocycles. The van der Waals surface area contributed by atoms with E-state index in [1.165, 1.54) is 6.07 Å². The highest BCUT2D eigenvalue weighted by atomic mass is 79.9. The van der Waals surface area contributed by atoms with Gasteiger partial charge >= 0.3 is 0 Å². The van der Waals surface area contributed by atoms with Crippen molar-refractivity contribution in [2.45, 2.75) is 0 Å². The Hall–Kier alpha value is -1.53. The van der Waals surface area contributed by atoms with Crippen molar-refractivity contribution in [2.24, 2.45) is 0 Å². The summed E-state index contributed by atoms with van der Waals surface area (Å²) in [4.78, 5) is 12.1. The normalized spacial score (nSPS) is 10.2. The minimum absolute atomic E-state index is 0.0161. The second-order valence-corrected chi connectivity index (χ2v) is 5.67. The molecule has 6 heteroatoms. The van der Waals surface area contributed by atoms with Crippen molar-refractivity contribution in [1.29, 1.82) is 0 Å². The molecule has 0 aromatic heterocycles. The third-order valence-electron chi connectivity index (χ3n) is 2.63. The van der Waals surface area contributed by atoms with Crippen LogP contribution in [0.15, 0.2) is 45.3 Å². The molecule has 0 bridgehead atoms. The second kappa shape index (κ2) is 6.28. The molecule has 0 aliphatic rings. The Labute approximate surface area is 133 Å². The van der Waals surface area contributed by atoms with Crippen molar-refractivity contribution in [3.8, 4) is 11.5 Å². The number of benzene rings is 2. The van der Waals surface area contributed by atoms with Crippen molar-refractivity contribution >= 4 is 43.5 Å². The first kappa shape index (κ1) is 14.9. The van der Waals surface area contributed by atoms with E-state index in [1.54, 1.807) is 37.4 Å². The highest BCUT2D eigenvalue weighted by molar-refractivity contribution is 9.11. The van der Waals surface area contributed by atoms with Gasteiger partial charge in [0.2, 0.25) is 0 Å². The number of phenolic OH excluding ortho intramolecular Hbond substituents is 1. The molecule has 0 radical (unpaired) electrons. The van der Waals surface area contributed by atoms with Crippen LogP contribution in [0.3, 0.4) is 0 Å². The highest BCUT2D eigenvalue weighted by Gasteiger charge is 2.11. The molecule has 0 unspecified atom stereocenters. The summed E-state index contributed by atoms with van der Waals surface area (Å²) in [5.74, 6) is 0.339. The van der Waals surface area contributed by atoms with E-state index in [1.807, 2.05) is 0 Å². The fraction of sp³-hybridized carbons (Fsp3) is 0.0714. The van der Waals surface area contributed by atoms with Crippen LogP contribution in [0.2, 0.25) is 0 Å². The van der Waals surface area contributed by atoms with Gasteiger partial charge in [-0.3, -0.25) is 4.79 Å². The van der Waals surface area contributed by atoms with E-state index >= 15 is 0 Å². The van der Waals surface area contributed by atoms with Crippen LogP contribution in [-0.2, 0) is 0 Å². The molecule has 2 N–H and O–H groups in total. The first-order valence-corrected chi connectivity index (χ1v) is 7.23. The number of carbonyl (C=O) groups excluding carboxylic acids is 1. The molecule has 0 spiro atoms. The summed E-state index contributed by atoms with van der Waals surface area (Å²) < 4.78 is 6.40. The Morgan fingerprint density at radius 2 is 1.85 bits per heavy atom. The van der Waals surface area contributed by atoms with Crippen molar-refractivity contribution in [3.05, 3.63) is 50.9 Å². The van der Waals surface area contributed by atoms with E-state index < -0.39 is 0 Å². The third-order valence-corrected chi connectivity index (χ3v) is 3.99. The summed E-state index contributed by atoms with van der Waals surface area (Å²) in [5, 5.41) is 12.4. The van der Waals surface area contributed by atoms with Crippen LogP contribution in [0.1, 0.15) is 10.4 Å². The van der Waals surface area contributed by atoms with Crippen LogP contribution in [-0.4, -0.2) is 18.1 Å². The maximum absolute atomic E-state index is 12.1. The van der Waals surface area contributed by atoms with E-state index in [0.29, 0.717) is 21.5 Å². The molecule has 2 rings (SSSR count). The van der Waals surface area contributed by atoms with Gasteiger partial charge in [0.1, 0.15) is 11.5 Å². The lowest BCUT2D eigenvalue weighted by atomic mass is 10.2. The number of rotatable bonds is 3. The van der Waals surface area contributed by atoms with Gasteiger partial charge in [0.15, 0.2) is 0 Å². The number of anilines is 1. The molecule has 104 valence electrons. The summed E-state index contributed by atoms with van der Waals surface area (Å²) in [6.07, 6.45) is 0. The highest BCUT2D eigenvalue weighted by Crippen LogP contribution is 2.28. The second-order valence-electron chi connectivity index (χ2n) is 3.97.